The Morgan fingerprint density at radius 3 is 2.38 bits per heavy atom. The van der Waals surface area contributed by atoms with E-state index in [4.69, 9.17) is 14.5 Å². The van der Waals surface area contributed by atoms with Crippen molar-refractivity contribution in [2.24, 2.45) is 0 Å². The summed E-state index contributed by atoms with van der Waals surface area (Å²) in [5.41, 5.74) is 3.03. The Bertz CT molecular complexity index is 1700. The van der Waals surface area contributed by atoms with Crippen LogP contribution in [0, 0.1) is 0 Å². The van der Waals surface area contributed by atoms with Crippen LogP contribution in [0.2, 0.25) is 0 Å². The second-order valence-electron chi connectivity index (χ2n) is 14.1. The number of imidazole rings is 1. The molecule has 4 aromatic rings. The van der Waals surface area contributed by atoms with Crippen molar-refractivity contribution >= 4 is 35.3 Å². The molecule has 13 heteroatoms. The van der Waals surface area contributed by atoms with E-state index in [0.29, 0.717) is 24.0 Å². The molecule has 3 heterocycles. The average Bonchev–Trinajstić information content (AvgIpc) is 3.44. The van der Waals surface area contributed by atoms with Gasteiger partial charge >= 0.3 is 12.2 Å². The van der Waals surface area contributed by atoms with Crippen molar-refractivity contribution in [1.82, 2.24) is 29.7 Å². The lowest BCUT2D eigenvalue weighted by Crippen LogP contribution is -2.42. The number of hydrogen-bond acceptors (Lipinski definition) is 10. The van der Waals surface area contributed by atoms with Crippen LogP contribution >= 0.6 is 0 Å². The first kappa shape index (κ1) is 34.4. The second kappa shape index (κ2) is 14.9. The van der Waals surface area contributed by atoms with Gasteiger partial charge < -0.3 is 25.4 Å². The van der Waals surface area contributed by atoms with E-state index in [0.717, 1.165) is 61.1 Å². The maximum absolute atomic E-state index is 12.2. The largest absolute Gasteiger partial charge is 0.444 e. The predicted octanol–water partition coefficient (Wildman–Crippen LogP) is 6.83. The van der Waals surface area contributed by atoms with Gasteiger partial charge in [0.05, 0.1) is 17.6 Å². The number of carbonyl (C=O) groups excluding carboxylic acids is 2. The van der Waals surface area contributed by atoms with Crippen LogP contribution in [0.15, 0.2) is 55.1 Å². The van der Waals surface area contributed by atoms with Crippen molar-refractivity contribution in [3.05, 3.63) is 60.7 Å². The van der Waals surface area contributed by atoms with Gasteiger partial charge in [0.25, 0.3) is 0 Å². The first-order valence-corrected chi connectivity index (χ1v) is 16.6. The highest BCUT2D eigenvalue weighted by Gasteiger charge is 2.26. The molecule has 13 nitrogen and oxygen atoms in total. The molecule has 0 bridgehead atoms. The first-order valence-electron chi connectivity index (χ1n) is 16.6. The molecule has 1 saturated carbocycles. The van der Waals surface area contributed by atoms with Gasteiger partial charge in [-0.1, -0.05) is 12.1 Å². The maximum Gasteiger partial charge on any atom is 0.412 e. The van der Waals surface area contributed by atoms with Crippen LogP contribution in [-0.4, -0.2) is 66.4 Å². The van der Waals surface area contributed by atoms with Gasteiger partial charge in [0, 0.05) is 42.9 Å². The number of benzene rings is 1. The fourth-order valence-electron chi connectivity index (χ4n) is 5.57. The van der Waals surface area contributed by atoms with Crippen LogP contribution in [0.1, 0.15) is 79.2 Å². The van der Waals surface area contributed by atoms with E-state index in [9.17, 15) is 9.59 Å². The highest BCUT2D eigenvalue weighted by atomic mass is 16.6. The normalized spacial score (nSPS) is 16.6. The van der Waals surface area contributed by atoms with Gasteiger partial charge in [0.15, 0.2) is 11.5 Å². The lowest BCUT2D eigenvalue weighted by molar-refractivity contribution is 0.0491. The highest BCUT2D eigenvalue weighted by Crippen LogP contribution is 2.26. The minimum Gasteiger partial charge on any atom is -0.444 e. The number of fused-ring (bicyclic) bond motifs is 1. The minimum absolute atomic E-state index is 0.0968. The molecule has 0 spiro atoms. The van der Waals surface area contributed by atoms with E-state index in [2.05, 4.69) is 36.2 Å². The molecular formula is C35H47N9O4. The fourth-order valence-corrected chi connectivity index (χ4v) is 5.57. The molecule has 1 aliphatic carbocycles. The molecule has 0 unspecified atom stereocenters. The van der Waals surface area contributed by atoms with Gasteiger partial charge in [-0.15, -0.1) is 0 Å². The Balaban J connectivity index is 1.13. The summed E-state index contributed by atoms with van der Waals surface area (Å²) in [6.07, 6.45) is 11.5. The van der Waals surface area contributed by atoms with Crippen LogP contribution in [-0.2, 0) is 15.9 Å². The van der Waals surface area contributed by atoms with Crippen LogP contribution in [0.5, 0.6) is 0 Å². The molecule has 48 heavy (non-hydrogen) atoms. The predicted molar refractivity (Wildman–Crippen MR) is 186 cm³/mol. The lowest BCUT2D eigenvalue weighted by atomic mass is 9.91. The number of nitrogens with one attached hydrogen (secondary N) is 4. The summed E-state index contributed by atoms with van der Waals surface area (Å²) in [6, 6.07) is 9.95. The molecule has 0 saturated heterocycles. The summed E-state index contributed by atoms with van der Waals surface area (Å²) in [7, 11) is 0. The van der Waals surface area contributed by atoms with E-state index in [-0.39, 0.29) is 18.2 Å². The van der Waals surface area contributed by atoms with E-state index < -0.39 is 17.3 Å². The zero-order chi connectivity index (χ0) is 34.3. The van der Waals surface area contributed by atoms with Crippen molar-refractivity contribution in [3.8, 4) is 11.4 Å². The number of aromatic nitrogens is 5. The van der Waals surface area contributed by atoms with Gasteiger partial charge in [-0.05, 0) is 104 Å². The molecule has 4 N–H and O–H groups in total. The molecule has 3 aromatic heterocycles. The number of rotatable bonds is 10. The van der Waals surface area contributed by atoms with Crippen molar-refractivity contribution in [2.75, 3.05) is 22.5 Å². The summed E-state index contributed by atoms with van der Waals surface area (Å²) >= 11 is 0. The molecular weight excluding hydrogens is 610 g/mol. The number of aryl methyl sites for hydroxylation is 1. The molecule has 5 rings (SSSR count). The third-order valence-corrected chi connectivity index (χ3v) is 7.63. The maximum atomic E-state index is 12.2. The topological polar surface area (TPSA) is 157 Å². The Morgan fingerprint density at radius 1 is 0.896 bits per heavy atom. The highest BCUT2D eigenvalue weighted by molar-refractivity contribution is 5.85. The van der Waals surface area contributed by atoms with E-state index in [1.165, 1.54) is 0 Å². The van der Waals surface area contributed by atoms with Gasteiger partial charge in [0.1, 0.15) is 11.2 Å². The van der Waals surface area contributed by atoms with Gasteiger partial charge in [0.2, 0.25) is 5.95 Å². The zero-order valence-electron chi connectivity index (χ0n) is 28.7. The number of amides is 2. The summed E-state index contributed by atoms with van der Waals surface area (Å²) < 4.78 is 12.7. The quantitative estimate of drug-likeness (QED) is 0.133. The van der Waals surface area contributed by atoms with E-state index in [1.54, 1.807) is 18.6 Å². The number of hydrogen-bond donors (Lipinski definition) is 4. The Hall–Kier alpha value is -4.94. The van der Waals surface area contributed by atoms with Crippen molar-refractivity contribution in [3.63, 3.8) is 0 Å². The third kappa shape index (κ3) is 10.0. The molecule has 0 atom stereocenters. The summed E-state index contributed by atoms with van der Waals surface area (Å²) in [4.78, 5) is 42.7. The Morgan fingerprint density at radius 2 is 1.62 bits per heavy atom. The number of nitrogens with zero attached hydrogens (tertiary/aromatic N) is 5. The SMILES string of the molecule is CC(C)(C)OC(=O)Nc1cccc(CCCNc2nccc(-c3cnc4c(NC5CCC(NC(=O)OC(C)(C)C)CC5)nccn34)n2)c1. The standard InChI is InChI=1S/C35H47N9O4/c1-34(2,3)47-32(45)41-25-14-12-24(13-15-25)40-29-30-39-22-28(44(30)20-19-36-29)27-16-18-38-31(43-27)37-17-8-10-23-9-7-11-26(21-23)42-33(46)48-35(4,5)6/h7,9,11,16,18-22,24-25H,8,10,12-15,17H2,1-6H3,(H,36,40)(H,41,45)(H,42,46)(H,37,38,43). The van der Waals surface area contributed by atoms with Gasteiger partial charge in [-0.2, -0.15) is 0 Å². The molecule has 0 radical (unpaired) electrons. The zero-order valence-corrected chi connectivity index (χ0v) is 28.7. The average molecular weight is 658 g/mol. The fraction of sp³-hybridized carbons (Fsp3) is 0.486. The monoisotopic (exact) mass is 657 g/mol. The Labute approximate surface area is 281 Å². The molecule has 1 aliphatic rings. The van der Waals surface area contributed by atoms with Crippen LogP contribution in [0.4, 0.5) is 27.0 Å². The van der Waals surface area contributed by atoms with E-state index in [1.807, 2.05) is 82.5 Å². The van der Waals surface area contributed by atoms with Gasteiger partial charge in [-0.3, -0.25) is 9.72 Å². The van der Waals surface area contributed by atoms with Crippen LogP contribution < -0.4 is 21.3 Å². The summed E-state index contributed by atoms with van der Waals surface area (Å²) in [5, 5.41) is 12.7. The number of alkyl carbamates (subject to hydrolysis) is 1. The lowest BCUT2D eigenvalue weighted by Gasteiger charge is -2.30. The minimum atomic E-state index is -0.555. The van der Waals surface area contributed by atoms with Crippen molar-refractivity contribution < 1.29 is 19.1 Å². The van der Waals surface area contributed by atoms with Crippen LogP contribution in [0.25, 0.3) is 17.0 Å². The molecule has 1 fully saturated rings. The summed E-state index contributed by atoms with van der Waals surface area (Å²) in [6.45, 7) is 11.8. The molecule has 256 valence electrons. The first-order chi connectivity index (χ1) is 22.8. The van der Waals surface area contributed by atoms with Crippen molar-refractivity contribution in [2.45, 2.75) is 103 Å². The Kier molecular flexibility index (Phi) is 10.7. The molecule has 0 aliphatic heterocycles. The second-order valence-corrected chi connectivity index (χ2v) is 14.1. The van der Waals surface area contributed by atoms with Gasteiger partial charge in [-0.25, -0.2) is 29.5 Å². The number of ether oxygens (including phenoxy) is 2. The third-order valence-electron chi connectivity index (χ3n) is 7.63. The molecule has 1 aromatic carbocycles. The van der Waals surface area contributed by atoms with Crippen molar-refractivity contribution in [1.29, 1.82) is 0 Å². The summed E-state index contributed by atoms with van der Waals surface area (Å²) in [5.74, 6) is 1.25. The number of anilines is 3. The molecule has 2 amide bonds. The van der Waals surface area contributed by atoms with Crippen LogP contribution in [0.3, 0.4) is 0 Å². The van der Waals surface area contributed by atoms with E-state index >= 15 is 0 Å². The smallest absolute Gasteiger partial charge is 0.412 e. The number of carbonyl (C=O) groups is 2.